The topological polar surface area (TPSA) is 26.3 Å². The number of alkyl halides is 6. The van der Waals surface area contributed by atoms with E-state index in [1.54, 1.807) is 0 Å². The molecule has 116 valence electrons. The Bertz CT molecular complexity index is 533. The molecule has 8 heteroatoms. The molecule has 0 fully saturated rings. The predicted molar refractivity (Wildman–Crippen MR) is 60.2 cm³/mol. The predicted octanol–water partition coefficient (Wildman–Crippen LogP) is 3.94. The Morgan fingerprint density at radius 1 is 1.10 bits per heavy atom. The van der Waals surface area contributed by atoms with Gasteiger partial charge in [-0.05, 0) is 24.5 Å². The average Bonchev–Trinajstić information content (AvgIpc) is 2.34. The lowest BCUT2D eigenvalue weighted by molar-refractivity contribution is -0.264. The van der Waals surface area contributed by atoms with Crippen molar-refractivity contribution in [1.82, 2.24) is 0 Å². The lowest BCUT2D eigenvalue weighted by Gasteiger charge is -2.24. The number of carbonyl (C=O) groups is 1. The summed E-state index contributed by atoms with van der Waals surface area (Å²) in [5, 5.41) is 0. The number of aryl methyl sites for hydroxylation is 1. The Balaban J connectivity index is 2.48. The zero-order valence-electron chi connectivity index (χ0n) is 10.5. The Labute approximate surface area is 115 Å². The van der Waals surface area contributed by atoms with Crippen LogP contribution in [0.15, 0.2) is 18.2 Å². The molecule has 1 aromatic rings. The number of ketones is 1. The van der Waals surface area contributed by atoms with Crippen LogP contribution in [0.5, 0.6) is 5.75 Å². The van der Waals surface area contributed by atoms with Gasteiger partial charge >= 0.3 is 12.4 Å². The van der Waals surface area contributed by atoms with Crippen molar-refractivity contribution in [3.8, 4) is 5.75 Å². The van der Waals surface area contributed by atoms with Crippen LogP contribution in [0.25, 0.3) is 0 Å². The first-order valence-electron chi connectivity index (χ1n) is 6.04. The third-order valence-corrected chi connectivity index (χ3v) is 3.12. The SMILES string of the molecule is O=C(c1cccc2c1OCCC2)C(C(F)(F)F)C(F)(F)F. The van der Waals surface area contributed by atoms with Crippen molar-refractivity contribution >= 4 is 5.78 Å². The summed E-state index contributed by atoms with van der Waals surface area (Å²) in [7, 11) is 0. The van der Waals surface area contributed by atoms with E-state index < -0.39 is 29.6 Å². The third-order valence-electron chi connectivity index (χ3n) is 3.12. The van der Waals surface area contributed by atoms with Crippen molar-refractivity contribution in [3.05, 3.63) is 29.3 Å². The highest BCUT2D eigenvalue weighted by Gasteiger charge is 2.61. The highest BCUT2D eigenvalue weighted by atomic mass is 19.4. The maximum Gasteiger partial charge on any atom is 0.407 e. The van der Waals surface area contributed by atoms with Gasteiger partial charge in [0.15, 0.2) is 5.78 Å². The summed E-state index contributed by atoms with van der Waals surface area (Å²) in [5.74, 6) is -6.25. The second-order valence-corrected chi connectivity index (χ2v) is 4.63. The van der Waals surface area contributed by atoms with Gasteiger partial charge in [-0.1, -0.05) is 12.1 Å². The summed E-state index contributed by atoms with van der Waals surface area (Å²) in [4.78, 5) is 11.8. The molecule has 1 aliphatic rings. The fraction of sp³-hybridized carbons (Fsp3) is 0.462. The van der Waals surface area contributed by atoms with Gasteiger partial charge < -0.3 is 4.74 Å². The molecule has 2 nitrogen and oxygen atoms in total. The van der Waals surface area contributed by atoms with Crippen LogP contribution >= 0.6 is 0 Å². The summed E-state index contributed by atoms with van der Waals surface area (Å²) >= 11 is 0. The number of para-hydroxylation sites is 1. The molecule has 0 spiro atoms. The minimum Gasteiger partial charge on any atom is -0.493 e. The van der Waals surface area contributed by atoms with Crippen molar-refractivity contribution in [2.75, 3.05) is 6.61 Å². The molecule has 0 saturated heterocycles. The number of hydrogen-bond acceptors (Lipinski definition) is 2. The average molecular weight is 312 g/mol. The molecule has 2 rings (SSSR count). The van der Waals surface area contributed by atoms with Crippen LogP contribution in [-0.4, -0.2) is 24.7 Å². The number of carbonyl (C=O) groups excluding carboxylic acids is 1. The lowest BCUT2D eigenvalue weighted by atomic mass is 9.92. The van der Waals surface area contributed by atoms with Crippen LogP contribution in [0, 0.1) is 5.92 Å². The Hall–Kier alpha value is -1.73. The first-order chi connectivity index (χ1) is 9.62. The van der Waals surface area contributed by atoms with E-state index in [9.17, 15) is 31.1 Å². The van der Waals surface area contributed by atoms with Gasteiger partial charge in [-0.25, -0.2) is 0 Å². The van der Waals surface area contributed by atoms with E-state index in [1.807, 2.05) is 0 Å². The van der Waals surface area contributed by atoms with E-state index >= 15 is 0 Å². The minimum atomic E-state index is -5.70. The maximum atomic E-state index is 12.6. The molecule has 0 N–H and O–H groups in total. The first-order valence-corrected chi connectivity index (χ1v) is 6.04. The molecule has 0 bridgehead atoms. The van der Waals surface area contributed by atoms with Crippen molar-refractivity contribution in [2.24, 2.45) is 5.92 Å². The number of benzene rings is 1. The van der Waals surface area contributed by atoms with Gasteiger partial charge in [0.05, 0.1) is 12.2 Å². The molecule has 0 aromatic heterocycles. The summed E-state index contributed by atoms with van der Waals surface area (Å²) in [6, 6.07) is 3.70. The van der Waals surface area contributed by atoms with Crippen LogP contribution in [0.2, 0.25) is 0 Å². The number of ether oxygens (including phenoxy) is 1. The van der Waals surface area contributed by atoms with Crippen LogP contribution in [0.1, 0.15) is 22.3 Å². The highest BCUT2D eigenvalue weighted by molar-refractivity contribution is 6.01. The molecule has 0 unspecified atom stereocenters. The third kappa shape index (κ3) is 3.14. The van der Waals surface area contributed by atoms with Gasteiger partial charge in [0.2, 0.25) is 5.92 Å². The normalized spacial score (nSPS) is 15.6. The lowest BCUT2D eigenvalue weighted by Crippen LogP contribution is -2.42. The largest absolute Gasteiger partial charge is 0.493 e. The number of Topliss-reactive ketones (excluding diaryl/α,β-unsaturated/α-hetero) is 1. The zero-order valence-corrected chi connectivity index (χ0v) is 10.5. The van der Waals surface area contributed by atoms with E-state index in [0.29, 0.717) is 18.4 Å². The number of rotatable bonds is 2. The first kappa shape index (κ1) is 15.7. The smallest absolute Gasteiger partial charge is 0.407 e. The number of halogens is 6. The molecule has 0 aliphatic carbocycles. The minimum absolute atomic E-state index is 0.153. The second-order valence-electron chi connectivity index (χ2n) is 4.63. The number of fused-ring (bicyclic) bond motifs is 1. The standard InChI is InChI=1S/C13H10F6O2/c14-12(15,16)11(13(17,18)19)9(20)8-5-1-3-7-4-2-6-21-10(7)8/h1,3,5,11H,2,4,6H2. The van der Waals surface area contributed by atoms with E-state index in [4.69, 9.17) is 4.74 Å². The van der Waals surface area contributed by atoms with Gasteiger partial charge in [-0.3, -0.25) is 4.79 Å². The van der Waals surface area contributed by atoms with Crippen molar-refractivity contribution < 1.29 is 35.9 Å². The van der Waals surface area contributed by atoms with Gasteiger partial charge in [0.1, 0.15) is 5.75 Å². The van der Waals surface area contributed by atoms with Gasteiger partial charge in [0.25, 0.3) is 0 Å². The molecule has 0 radical (unpaired) electrons. The summed E-state index contributed by atoms with van der Waals surface area (Å²) in [5.41, 5.74) is -0.234. The molecule has 0 amide bonds. The van der Waals surface area contributed by atoms with Crippen LogP contribution in [0.4, 0.5) is 26.3 Å². The van der Waals surface area contributed by atoms with E-state index in [0.717, 1.165) is 6.07 Å². The van der Waals surface area contributed by atoms with Crippen LogP contribution in [0.3, 0.4) is 0 Å². The zero-order chi connectivity index (χ0) is 15.8. The Morgan fingerprint density at radius 2 is 1.71 bits per heavy atom. The van der Waals surface area contributed by atoms with Gasteiger partial charge in [-0.2, -0.15) is 26.3 Å². The molecular formula is C13H10F6O2. The van der Waals surface area contributed by atoms with Gasteiger partial charge in [-0.15, -0.1) is 0 Å². The molecule has 0 saturated carbocycles. The molecule has 1 aromatic carbocycles. The molecule has 1 aliphatic heterocycles. The van der Waals surface area contributed by atoms with E-state index in [1.165, 1.54) is 12.1 Å². The van der Waals surface area contributed by atoms with Crippen LogP contribution in [-0.2, 0) is 6.42 Å². The Kier molecular flexibility index (Phi) is 3.90. The van der Waals surface area contributed by atoms with Crippen LogP contribution < -0.4 is 4.74 Å². The summed E-state index contributed by atoms with van der Waals surface area (Å²) < 4.78 is 80.7. The highest BCUT2D eigenvalue weighted by Crippen LogP contribution is 2.43. The molecule has 21 heavy (non-hydrogen) atoms. The molecular weight excluding hydrogens is 302 g/mol. The Morgan fingerprint density at radius 3 is 2.29 bits per heavy atom. The number of hydrogen-bond donors (Lipinski definition) is 0. The van der Waals surface area contributed by atoms with Crippen molar-refractivity contribution in [1.29, 1.82) is 0 Å². The van der Waals surface area contributed by atoms with Crippen molar-refractivity contribution in [2.45, 2.75) is 25.2 Å². The summed E-state index contributed by atoms with van der Waals surface area (Å²) in [6.45, 7) is 0.153. The fourth-order valence-electron chi connectivity index (χ4n) is 2.22. The van der Waals surface area contributed by atoms with Crippen molar-refractivity contribution in [3.63, 3.8) is 0 Å². The molecule has 0 atom stereocenters. The monoisotopic (exact) mass is 312 g/mol. The summed E-state index contributed by atoms with van der Waals surface area (Å²) in [6.07, 6.45) is -10.4. The van der Waals surface area contributed by atoms with E-state index in [2.05, 4.69) is 0 Å². The molecule has 1 heterocycles. The second kappa shape index (κ2) is 5.23. The fourth-order valence-corrected chi connectivity index (χ4v) is 2.22. The van der Waals surface area contributed by atoms with Gasteiger partial charge in [0, 0.05) is 0 Å². The van der Waals surface area contributed by atoms with E-state index in [-0.39, 0.29) is 12.4 Å². The maximum absolute atomic E-state index is 12.6. The quantitative estimate of drug-likeness (QED) is 0.611.